The Hall–Kier alpha value is -5.70. The van der Waals surface area contributed by atoms with Crippen molar-refractivity contribution in [3.05, 3.63) is 83.4 Å². The first-order valence-corrected chi connectivity index (χ1v) is 21.4. The van der Waals surface area contributed by atoms with Gasteiger partial charge < -0.3 is 31.2 Å². The molecule has 3 aromatic rings. The van der Waals surface area contributed by atoms with E-state index in [1.807, 2.05) is 73.5 Å². The number of aliphatic imine (C=N–C) groups is 1. The van der Waals surface area contributed by atoms with Gasteiger partial charge in [0.05, 0.1) is 24.1 Å². The minimum atomic E-state index is -0.500. The van der Waals surface area contributed by atoms with Crippen molar-refractivity contribution in [2.24, 2.45) is 22.7 Å². The number of unbranched alkanes of at least 4 members (excludes halogenated alkanes) is 1. The Morgan fingerprint density at radius 2 is 1.54 bits per heavy atom. The molecule has 5 N–H and O–H groups in total. The molecule has 1 saturated heterocycles. The van der Waals surface area contributed by atoms with E-state index in [9.17, 15) is 19.2 Å². The summed E-state index contributed by atoms with van der Waals surface area (Å²) in [5.74, 6) is 7.40. The van der Waals surface area contributed by atoms with Gasteiger partial charge in [-0.3, -0.25) is 24.2 Å². The number of H-pyrrole nitrogens is 1. The lowest BCUT2D eigenvalue weighted by Crippen LogP contribution is -2.50. The van der Waals surface area contributed by atoms with Gasteiger partial charge in [-0.1, -0.05) is 70.2 Å². The van der Waals surface area contributed by atoms with Gasteiger partial charge >= 0.3 is 0 Å². The van der Waals surface area contributed by atoms with Crippen LogP contribution in [0.25, 0.3) is 17.0 Å². The third-order valence-corrected chi connectivity index (χ3v) is 10.5. The molecule has 2 aromatic carbocycles. The first kappa shape index (κ1) is 44.4. The summed E-state index contributed by atoms with van der Waals surface area (Å²) in [6.45, 7) is 13.7. The molecule has 2 saturated carbocycles. The lowest BCUT2D eigenvalue weighted by Gasteiger charge is -2.26. The van der Waals surface area contributed by atoms with Gasteiger partial charge in [0.25, 0.3) is 0 Å². The number of likely N-dealkylation sites (tertiary alicyclic amines) is 1. The molecular formula is C47H62N8O4. The Kier molecular flexibility index (Phi) is 16.9. The second-order valence-corrected chi connectivity index (χ2v) is 16.1. The van der Waals surface area contributed by atoms with E-state index >= 15 is 0 Å². The molecule has 12 nitrogen and oxygen atoms in total. The normalized spacial score (nSPS) is 16.5. The Morgan fingerprint density at radius 3 is 2.17 bits per heavy atom. The van der Waals surface area contributed by atoms with E-state index in [1.165, 1.54) is 6.42 Å². The van der Waals surface area contributed by atoms with Gasteiger partial charge in [-0.25, -0.2) is 4.98 Å². The van der Waals surface area contributed by atoms with Crippen LogP contribution in [0.2, 0.25) is 0 Å². The van der Waals surface area contributed by atoms with E-state index in [0.29, 0.717) is 19.6 Å². The fourth-order valence-electron chi connectivity index (χ4n) is 6.81. The highest BCUT2D eigenvalue weighted by Gasteiger charge is 2.34. The van der Waals surface area contributed by atoms with Gasteiger partial charge in [0.2, 0.25) is 23.6 Å². The zero-order chi connectivity index (χ0) is 42.1. The Labute approximate surface area is 349 Å². The average Bonchev–Trinajstić information content (AvgIpc) is 4.18. The number of carbonyl (C=O) groups is 4. The molecule has 2 unspecified atom stereocenters. The third kappa shape index (κ3) is 14.0. The fraction of sp³-hybridized carbons (Fsp3) is 0.489. The summed E-state index contributed by atoms with van der Waals surface area (Å²) in [6.07, 6.45) is 12.7. The number of carbonyl (C=O) groups excluding carboxylic acids is 4. The molecule has 1 aromatic heterocycles. The molecule has 3 fully saturated rings. The standard InChI is InChI=1S/C44H54N8O4.C3H8/c1-29(2)41(51-43(55)35-21-22-35)44(56)46-23-5-4-8-39-48-27-38(50-39)33-17-13-31(14-18-33)10-9-30-11-15-32(16-12-30)37(26-45-3)47-25-36-7-6-24-52(36)40(53)28-49-42(54)34-19-20-34;1-3-2/h11-18,26-27,29,34-36,41,47H,3-8,19-25,28H2,1-2H3,(H,46,56)(H,48,50)(H,49,54)(H,51,55);3H2,1-2H3/b37-26-;. The van der Waals surface area contributed by atoms with Gasteiger partial charge in [-0.05, 0) is 99.4 Å². The smallest absolute Gasteiger partial charge is 0.242 e. The van der Waals surface area contributed by atoms with Crippen molar-refractivity contribution in [2.75, 3.05) is 26.2 Å². The Morgan fingerprint density at radius 1 is 0.898 bits per heavy atom. The van der Waals surface area contributed by atoms with Crippen LogP contribution >= 0.6 is 0 Å². The van der Waals surface area contributed by atoms with Crippen LogP contribution in [0.1, 0.15) is 108 Å². The lowest BCUT2D eigenvalue weighted by molar-refractivity contribution is -0.133. The minimum Gasteiger partial charge on any atom is -0.381 e. The number of rotatable bonds is 18. The maximum absolute atomic E-state index is 12.9. The summed E-state index contributed by atoms with van der Waals surface area (Å²) in [7, 11) is 0. The van der Waals surface area contributed by atoms with E-state index in [4.69, 9.17) is 0 Å². The van der Waals surface area contributed by atoms with Gasteiger partial charge in [-0.2, -0.15) is 0 Å². The van der Waals surface area contributed by atoms with Crippen molar-refractivity contribution in [2.45, 2.75) is 104 Å². The molecule has 314 valence electrons. The number of nitrogens with zero attached hydrogens (tertiary/aromatic N) is 3. The number of hydrogen-bond acceptors (Lipinski definition) is 7. The van der Waals surface area contributed by atoms with E-state index in [2.05, 4.69) is 68.6 Å². The van der Waals surface area contributed by atoms with Gasteiger partial charge in [0.15, 0.2) is 0 Å². The Bertz CT molecular complexity index is 1970. The first-order valence-electron chi connectivity index (χ1n) is 21.4. The van der Waals surface area contributed by atoms with Crippen molar-refractivity contribution >= 4 is 36.0 Å². The highest BCUT2D eigenvalue weighted by Crippen LogP contribution is 2.30. The predicted molar refractivity (Wildman–Crippen MR) is 234 cm³/mol. The van der Waals surface area contributed by atoms with E-state index in [0.717, 1.165) is 97.3 Å². The number of aryl methyl sites for hydroxylation is 1. The number of aromatic amines is 1. The maximum Gasteiger partial charge on any atom is 0.242 e. The summed E-state index contributed by atoms with van der Waals surface area (Å²) in [5.41, 5.74) is 5.48. The lowest BCUT2D eigenvalue weighted by atomic mass is 10.0. The van der Waals surface area contributed by atoms with Crippen molar-refractivity contribution < 1.29 is 19.2 Å². The summed E-state index contributed by atoms with van der Waals surface area (Å²) in [6, 6.07) is 15.5. The molecule has 59 heavy (non-hydrogen) atoms. The van der Waals surface area contributed by atoms with Gasteiger partial charge in [0, 0.05) is 61.3 Å². The van der Waals surface area contributed by atoms with Crippen molar-refractivity contribution in [3.63, 3.8) is 0 Å². The highest BCUT2D eigenvalue weighted by molar-refractivity contribution is 5.89. The zero-order valence-corrected chi connectivity index (χ0v) is 35.2. The quantitative estimate of drug-likeness (QED) is 0.0604. The largest absolute Gasteiger partial charge is 0.381 e. The molecule has 2 aliphatic carbocycles. The molecule has 6 rings (SSSR count). The van der Waals surface area contributed by atoms with Crippen molar-refractivity contribution in [1.29, 1.82) is 0 Å². The van der Waals surface area contributed by atoms with Crippen LogP contribution < -0.4 is 21.3 Å². The second-order valence-electron chi connectivity index (χ2n) is 16.1. The average molecular weight is 803 g/mol. The maximum atomic E-state index is 12.9. The summed E-state index contributed by atoms with van der Waals surface area (Å²) in [5, 5.41) is 12.2. The number of benzene rings is 2. The molecule has 2 heterocycles. The number of hydrogen-bond donors (Lipinski definition) is 5. The Balaban J connectivity index is 0.00000214. The number of imidazole rings is 1. The fourth-order valence-corrected chi connectivity index (χ4v) is 6.81. The third-order valence-electron chi connectivity index (χ3n) is 10.5. The summed E-state index contributed by atoms with van der Waals surface area (Å²) < 4.78 is 0. The van der Waals surface area contributed by atoms with Crippen LogP contribution in [-0.4, -0.2) is 83.5 Å². The van der Waals surface area contributed by atoms with Crippen molar-refractivity contribution in [3.8, 4) is 23.1 Å². The molecule has 0 bridgehead atoms. The van der Waals surface area contributed by atoms with Crippen molar-refractivity contribution in [1.82, 2.24) is 36.1 Å². The molecule has 12 heteroatoms. The number of nitrogens with one attached hydrogen (secondary N) is 5. The topological polar surface area (TPSA) is 161 Å². The zero-order valence-electron chi connectivity index (χ0n) is 35.2. The first-order chi connectivity index (χ1) is 28.6. The molecule has 0 spiro atoms. The van der Waals surface area contributed by atoms with Crippen LogP contribution in [0.3, 0.4) is 0 Å². The number of amides is 4. The molecule has 3 aliphatic rings. The molecule has 0 radical (unpaired) electrons. The van der Waals surface area contributed by atoms with E-state index in [1.54, 1.807) is 6.20 Å². The molecule has 4 amide bonds. The SMILES string of the molecule is C=N/C=C(\NCC1CCCN1C(=O)CNC(=O)C1CC1)c1ccc(C#Cc2ccc(-c3cnc(CCCCNC(=O)C(NC(=O)C4CC4)C(C)C)[nH]3)cc2)cc1.CCC. The summed E-state index contributed by atoms with van der Waals surface area (Å²) >= 11 is 0. The van der Waals surface area contributed by atoms with E-state index < -0.39 is 6.04 Å². The monoisotopic (exact) mass is 802 g/mol. The van der Waals surface area contributed by atoms with Crippen LogP contribution in [-0.2, 0) is 25.6 Å². The van der Waals surface area contributed by atoms with Crippen LogP contribution in [0.5, 0.6) is 0 Å². The molecule has 2 atom stereocenters. The summed E-state index contributed by atoms with van der Waals surface area (Å²) in [4.78, 5) is 63.6. The minimum absolute atomic E-state index is 0.00944. The van der Waals surface area contributed by atoms with Gasteiger partial charge in [0.1, 0.15) is 11.9 Å². The van der Waals surface area contributed by atoms with Gasteiger partial charge in [-0.15, -0.1) is 0 Å². The van der Waals surface area contributed by atoms with Crippen LogP contribution in [0.4, 0.5) is 0 Å². The molecular weight excluding hydrogens is 741 g/mol. The number of aromatic nitrogens is 2. The predicted octanol–water partition coefficient (Wildman–Crippen LogP) is 5.99. The van der Waals surface area contributed by atoms with E-state index in [-0.39, 0.29) is 54.0 Å². The highest BCUT2D eigenvalue weighted by atomic mass is 16.2. The van der Waals surface area contributed by atoms with Crippen LogP contribution in [0.15, 0.2) is 65.9 Å². The second kappa shape index (κ2) is 22.4. The van der Waals surface area contributed by atoms with Crippen LogP contribution in [0, 0.1) is 29.6 Å². The molecule has 1 aliphatic heterocycles.